The zero-order chi connectivity index (χ0) is 14.9. The SMILES string of the molecule is O=C(N[C@H]1CCN(c2nccn3cnnc23)C1)c1ccco1. The van der Waals surface area contributed by atoms with E-state index in [0.717, 1.165) is 24.4 Å². The average molecular weight is 298 g/mol. The maximum absolute atomic E-state index is 12.0. The molecule has 112 valence electrons. The lowest BCUT2D eigenvalue weighted by Gasteiger charge is -2.17. The number of fused-ring (bicyclic) bond motifs is 1. The quantitative estimate of drug-likeness (QED) is 0.766. The van der Waals surface area contributed by atoms with Crippen molar-refractivity contribution in [1.29, 1.82) is 0 Å². The van der Waals surface area contributed by atoms with Crippen LogP contribution in [0.5, 0.6) is 0 Å². The molecule has 3 aromatic heterocycles. The van der Waals surface area contributed by atoms with Crippen molar-refractivity contribution in [2.24, 2.45) is 0 Å². The van der Waals surface area contributed by atoms with Gasteiger partial charge in [-0.15, -0.1) is 10.2 Å². The summed E-state index contributed by atoms with van der Waals surface area (Å²) in [5.74, 6) is 0.927. The number of furan rings is 1. The monoisotopic (exact) mass is 298 g/mol. The van der Waals surface area contributed by atoms with E-state index in [0.29, 0.717) is 12.3 Å². The standard InChI is InChI=1S/C14H14N6O2/c21-14(11-2-1-7-22-11)17-10-3-5-19(8-10)12-13-18-16-9-20(13)6-4-15-12/h1-2,4,6-7,9-10H,3,5,8H2,(H,17,21)/t10-/m0/s1. The van der Waals surface area contributed by atoms with E-state index in [-0.39, 0.29) is 11.9 Å². The third-order valence-electron chi connectivity index (χ3n) is 3.77. The highest BCUT2D eigenvalue weighted by molar-refractivity contribution is 5.91. The molecule has 0 aromatic carbocycles. The Balaban J connectivity index is 1.48. The lowest BCUT2D eigenvalue weighted by Crippen LogP contribution is -2.37. The first-order valence-corrected chi connectivity index (χ1v) is 7.05. The predicted molar refractivity (Wildman–Crippen MR) is 77.6 cm³/mol. The largest absolute Gasteiger partial charge is 0.459 e. The zero-order valence-corrected chi connectivity index (χ0v) is 11.7. The van der Waals surface area contributed by atoms with E-state index >= 15 is 0 Å². The zero-order valence-electron chi connectivity index (χ0n) is 11.7. The van der Waals surface area contributed by atoms with E-state index in [1.807, 2.05) is 10.6 Å². The van der Waals surface area contributed by atoms with E-state index < -0.39 is 0 Å². The van der Waals surface area contributed by atoms with E-state index in [4.69, 9.17) is 4.42 Å². The molecule has 0 aliphatic carbocycles. The van der Waals surface area contributed by atoms with Gasteiger partial charge in [-0.3, -0.25) is 9.20 Å². The summed E-state index contributed by atoms with van der Waals surface area (Å²) < 4.78 is 6.94. The summed E-state index contributed by atoms with van der Waals surface area (Å²) in [4.78, 5) is 18.5. The van der Waals surface area contributed by atoms with Crippen LogP contribution in [0.1, 0.15) is 17.0 Å². The lowest BCUT2D eigenvalue weighted by molar-refractivity contribution is 0.0912. The minimum absolute atomic E-state index is 0.0579. The first-order chi connectivity index (χ1) is 10.8. The Morgan fingerprint density at radius 3 is 3.27 bits per heavy atom. The molecule has 4 heterocycles. The molecule has 1 saturated heterocycles. The average Bonchev–Trinajstić information content (AvgIpc) is 3.27. The van der Waals surface area contributed by atoms with Gasteiger partial charge in [-0.1, -0.05) is 0 Å². The summed E-state index contributed by atoms with van der Waals surface area (Å²) >= 11 is 0. The Morgan fingerprint density at radius 2 is 2.41 bits per heavy atom. The van der Waals surface area contributed by atoms with Crippen molar-refractivity contribution >= 4 is 17.4 Å². The molecule has 4 rings (SSSR count). The molecule has 0 spiro atoms. The van der Waals surface area contributed by atoms with Gasteiger partial charge in [0.05, 0.1) is 6.26 Å². The molecule has 22 heavy (non-hydrogen) atoms. The third-order valence-corrected chi connectivity index (χ3v) is 3.77. The fourth-order valence-electron chi connectivity index (χ4n) is 2.70. The van der Waals surface area contributed by atoms with E-state index in [9.17, 15) is 4.79 Å². The molecule has 0 radical (unpaired) electrons. The molecule has 1 amide bonds. The molecule has 1 fully saturated rings. The maximum atomic E-state index is 12.0. The van der Waals surface area contributed by atoms with Gasteiger partial charge in [-0.2, -0.15) is 0 Å². The van der Waals surface area contributed by atoms with Crippen LogP contribution in [0.15, 0.2) is 41.5 Å². The third kappa shape index (κ3) is 2.18. The molecule has 8 heteroatoms. The van der Waals surface area contributed by atoms with Crippen LogP contribution in [0.2, 0.25) is 0 Å². The summed E-state index contributed by atoms with van der Waals surface area (Å²) in [6.45, 7) is 1.49. The highest BCUT2D eigenvalue weighted by atomic mass is 16.3. The Morgan fingerprint density at radius 1 is 1.45 bits per heavy atom. The molecule has 1 atom stereocenters. The van der Waals surface area contributed by atoms with Gasteiger partial charge in [-0.25, -0.2) is 4.98 Å². The van der Waals surface area contributed by atoms with Gasteiger partial charge in [0, 0.05) is 31.5 Å². The highest BCUT2D eigenvalue weighted by Crippen LogP contribution is 2.21. The van der Waals surface area contributed by atoms with Crippen LogP contribution < -0.4 is 10.2 Å². The van der Waals surface area contributed by atoms with E-state index in [1.54, 1.807) is 24.7 Å². The van der Waals surface area contributed by atoms with Crippen molar-refractivity contribution in [3.63, 3.8) is 0 Å². The molecule has 1 N–H and O–H groups in total. The highest BCUT2D eigenvalue weighted by Gasteiger charge is 2.27. The molecular weight excluding hydrogens is 284 g/mol. The summed E-state index contributed by atoms with van der Waals surface area (Å²) in [5, 5.41) is 11.0. The van der Waals surface area contributed by atoms with Crippen molar-refractivity contribution in [3.05, 3.63) is 42.9 Å². The fraction of sp³-hybridized carbons (Fsp3) is 0.286. The number of rotatable bonds is 3. The minimum atomic E-state index is -0.189. The minimum Gasteiger partial charge on any atom is -0.459 e. The summed E-state index contributed by atoms with van der Waals surface area (Å²) in [5.41, 5.74) is 0.723. The lowest BCUT2D eigenvalue weighted by atomic mass is 10.2. The maximum Gasteiger partial charge on any atom is 0.287 e. The predicted octanol–water partition coefficient (Wildman–Crippen LogP) is 0.726. The van der Waals surface area contributed by atoms with Gasteiger partial charge in [0.2, 0.25) is 5.65 Å². The molecular formula is C14H14N6O2. The number of aromatic nitrogens is 4. The smallest absolute Gasteiger partial charge is 0.287 e. The van der Waals surface area contributed by atoms with Crippen LogP contribution in [0.25, 0.3) is 5.65 Å². The van der Waals surface area contributed by atoms with Gasteiger partial charge < -0.3 is 14.6 Å². The van der Waals surface area contributed by atoms with Gasteiger partial charge in [0.25, 0.3) is 5.91 Å². The Kier molecular flexibility index (Phi) is 2.99. The number of nitrogens with one attached hydrogen (secondary N) is 1. The van der Waals surface area contributed by atoms with Crippen molar-refractivity contribution in [1.82, 2.24) is 24.9 Å². The second-order valence-electron chi connectivity index (χ2n) is 5.20. The summed E-state index contributed by atoms with van der Waals surface area (Å²) in [6, 6.07) is 3.41. The molecule has 0 saturated carbocycles. The van der Waals surface area contributed by atoms with Crippen LogP contribution in [0.4, 0.5) is 5.82 Å². The molecule has 3 aromatic rings. The van der Waals surface area contributed by atoms with Crippen LogP contribution in [0, 0.1) is 0 Å². The van der Waals surface area contributed by atoms with Gasteiger partial charge in [-0.05, 0) is 18.6 Å². The summed E-state index contributed by atoms with van der Waals surface area (Å²) in [6.07, 6.45) is 7.52. The Labute approximate surface area is 125 Å². The number of anilines is 1. The van der Waals surface area contributed by atoms with E-state index in [1.165, 1.54) is 6.26 Å². The number of carbonyl (C=O) groups is 1. The first-order valence-electron chi connectivity index (χ1n) is 7.05. The van der Waals surface area contributed by atoms with Gasteiger partial charge >= 0.3 is 0 Å². The van der Waals surface area contributed by atoms with Crippen molar-refractivity contribution < 1.29 is 9.21 Å². The molecule has 0 bridgehead atoms. The second kappa shape index (κ2) is 5.14. The Hall–Kier alpha value is -2.90. The molecule has 1 aliphatic heterocycles. The number of hydrogen-bond acceptors (Lipinski definition) is 6. The van der Waals surface area contributed by atoms with Gasteiger partial charge in [0.1, 0.15) is 6.33 Å². The van der Waals surface area contributed by atoms with Crippen molar-refractivity contribution in [2.75, 3.05) is 18.0 Å². The van der Waals surface area contributed by atoms with Crippen molar-refractivity contribution in [3.8, 4) is 0 Å². The number of hydrogen-bond donors (Lipinski definition) is 1. The Bertz CT molecular complexity index is 797. The van der Waals surface area contributed by atoms with Crippen molar-refractivity contribution in [2.45, 2.75) is 12.5 Å². The summed E-state index contributed by atoms with van der Waals surface area (Å²) in [7, 11) is 0. The number of amides is 1. The second-order valence-corrected chi connectivity index (χ2v) is 5.20. The molecule has 1 aliphatic rings. The normalized spacial score (nSPS) is 18.0. The topological polar surface area (TPSA) is 88.6 Å². The molecule has 8 nitrogen and oxygen atoms in total. The first kappa shape index (κ1) is 12.8. The van der Waals surface area contributed by atoms with Crippen LogP contribution in [0.3, 0.4) is 0 Å². The van der Waals surface area contributed by atoms with Crippen LogP contribution in [-0.4, -0.2) is 44.6 Å². The number of carbonyl (C=O) groups excluding carboxylic acids is 1. The fourth-order valence-corrected chi connectivity index (χ4v) is 2.70. The number of nitrogens with zero attached hydrogens (tertiary/aromatic N) is 5. The van der Waals surface area contributed by atoms with Gasteiger partial charge in [0.15, 0.2) is 11.6 Å². The van der Waals surface area contributed by atoms with Crippen LogP contribution in [-0.2, 0) is 0 Å². The van der Waals surface area contributed by atoms with Crippen LogP contribution >= 0.6 is 0 Å². The molecule has 0 unspecified atom stereocenters. The van der Waals surface area contributed by atoms with E-state index in [2.05, 4.69) is 25.4 Å².